The Balaban J connectivity index is 1.80. The number of carbonyl (C=O) groups excluding carboxylic acids is 2. The van der Waals surface area contributed by atoms with E-state index in [4.69, 9.17) is 9.47 Å². The van der Waals surface area contributed by atoms with Crippen molar-refractivity contribution in [2.24, 2.45) is 0 Å². The van der Waals surface area contributed by atoms with E-state index < -0.39 is 0 Å². The minimum atomic E-state index is -0.384. The average molecular weight is 407 g/mol. The summed E-state index contributed by atoms with van der Waals surface area (Å²) in [5.41, 5.74) is 0.953. The van der Waals surface area contributed by atoms with Crippen LogP contribution in [0.15, 0.2) is 82.6 Å². The molecule has 0 spiro atoms. The molecule has 0 bridgehead atoms. The summed E-state index contributed by atoms with van der Waals surface area (Å²) in [7, 11) is 3.05. The highest BCUT2D eigenvalue weighted by molar-refractivity contribution is 7.99. The molecule has 0 atom stereocenters. The van der Waals surface area contributed by atoms with Gasteiger partial charge in [-0.05, 0) is 36.4 Å². The molecule has 0 saturated carbocycles. The number of benzene rings is 3. The molecule has 0 aliphatic heterocycles. The molecule has 3 aromatic rings. The zero-order valence-corrected chi connectivity index (χ0v) is 17.0. The Labute approximate surface area is 174 Å². The van der Waals surface area contributed by atoms with Crippen LogP contribution in [0.2, 0.25) is 0 Å². The number of methoxy groups -OCH3 is 2. The summed E-state index contributed by atoms with van der Waals surface area (Å²) in [6.45, 7) is 0. The fourth-order valence-corrected chi connectivity index (χ4v) is 3.71. The number of nitrogens with one attached hydrogen (secondary N) is 1. The number of rotatable bonds is 8. The van der Waals surface area contributed by atoms with Crippen molar-refractivity contribution in [2.75, 3.05) is 19.5 Å². The molecule has 3 aromatic carbocycles. The molecular weight excluding hydrogens is 386 g/mol. The Morgan fingerprint density at radius 2 is 1.48 bits per heavy atom. The van der Waals surface area contributed by atoms with Gasteiger partial charge in [0.05, 0.1) is 31.1 Å². The second kappa shape index (κ2) is 9.80. The van der Waals surface area contributed by atoms with Gasteiger partial charge in [-0.25, -0.2) is 0 Å². The maximum atomic E-state index is 12.8. The summed E-state index contributed by atoms with van der Waals surface area (Å²) in [4.78, 5) is 26.9. The molecule has 29 heavy (non-hydrogen) atoms. The van der Waals surface area contributed by atoms with Gasteiger partial charge < -0.3 is 14.8 Å². The predicted molar refractivity (Wildman–Crippen MR) is 114 cm³/mol. The van der Waals surface area contributed by atoms with E-state index in [1.165, 1.54) is 18.9 Å². The third kappa shape index (κ3) is 5.39. The number of hydrogen-bond acceptors (Lipinski definition) is 5. The highest BCUT2D eigenvalue weighted by atomic mass is 32.2. The van der Waals surface area contributed by atoms with Crippen LogP contribution in [0.5, 0.6) is 11.5 Å². The van der Waals surface area contributed by atoms with Crippen LogP contribution < -0.4 is 14.8 Å². The Morgan fingerprint density at radius 1 is 0.862 bits per heavy atom. The molecule has 0 aliphatic rings. The van der Waals surface area contributed by atoms with Crippen molar-refractivity contribution in [3.63, 3.8) is 0 Å². The minimum absolute atomic E-state index is 0.292. The minimum Gasteiger partial charge on any atom is -0.496 e. The second-order valence-electron chi connectivity index (χ2n) is 6.13. The highest BCUT2D eigenvalue weighted by Crippen LogP contribution is 2.39. The maximum Gasteiger partial charge on any atom is 0.232 e. The number of ether oxygens (including phenoxy) is 2. The summed E-state index contributed by atoms with van der Waals surface area (Å²) in [6, 6.07) is 22.2. The van der Waals surface area contributed by atoms with Crippen molar-refractivity contribution in [1.29, 1.82) is 0 Å². The van der Waals surface area contributed by atoms with E-state index in [1.807, 2.05) is 48.5 Å². The topological polar surface area (TPSA) is 64.6 Å². The number of Topliss-reactive ketones (excluding diaryl/α,β-unsaturated/α-hetero) is 1. The lowest BCUT2D eigenvalue weighted by Gasteiger charge is -2.14. The van der Waals surface area contributed by atoms with Gasteiger partial charge in [0.25, 0.3) is 0 Å². The van der Waals surface area contributed by atoms with Crippen molar-refractivity contribution in [1.82, 2.24) is 0 Å². The largest absolute Gasteiger partial charge is 0.496 e. The van der Waals surface area contributed by atoms with Gasteiger partial charge in [-0.2, -0.15) is 0 Å². The molecule has 0 saturated heterocycles. The highest BCUT2D eigenvalue weighted by Gasteiger charge is 2.20. The van der Waals surface area contributed by atoms with E-state index in [1.54, 1.807) is 31.4 Å². The van der Waals surface area contributed by atoms with E-state index in [-0.39, 0.29) is 18.1 Å². The van der Waals surface area contributed by atoms with Gasteiger partial charge in [-0.3, -0.25) is 9.59 Å². The lowest BCUT2D eigenvalue weighted by molar-refractivity contribution is -0.115. The molecule has 0 aliphatic carbocycles. The standard InChI is InChI=1S/C23H21NO4S/c1-27-20-15-22(29-17-11-7-4-8-12-17)21(28-2)13-18(20)19(25)14-23(26)24-16-9-5-3-6-10-16/h3-13,15H,14H2,1-2H3,(H,24,26). The van der Waals surface area contributed by atoms with Crippen molar-refractivity contribution < 1.29 is 19.1 Å². The molecule has 1 N–H and O–H groups in total. The number of hydrogen-bond donors (Lipinski definition) is 1. The van der Waals surface area contributed by atoms with Crippen LogP contribution in [0.1, 0.15) is 16.8 Å². The van der Waals surface area contributed by atoms with E-state index in [0.717, 1.165) is 9.79 Å². The number of anilines is 1. The van der Waals surface area contributed by atoms with E-state index in [0.29, 0.717) is 22.7 Å². The Hall–Kier alpha value is -3.25. The molecule has 5 nitrogen and oxygen atoms in total. The van der Waals surface area contributed by atoms with Crippen molar-refractivity contribution in [3.8, 4) is 11.5 Å². The molecule has 148 valence electrons. The van der Waals surface area contributed by atoms with Gasteiger partial charge in [0, 0.05) is 10.6 Å². The molecule has 1 amide bonds. The fourth-order valence-electron chi connectivity index (χ4n) is 2.75. The predicted octanol–water partition coefficient (Wildman–Crippen LogP) is 5.07. The second-order valence-corrected chi connectivity index (χ2v) is 7.25. The van der Waals surface area contributed by atoms with Crippen LogP contribution in [0.4, 0.5) is 5.69 Å². The first-order valence-corrected chi connectivity index (χ1v) is 9.79. The number of amides is 1. The third-order valence-electron chi connectivity index (χ3n) is 4.14. The van der Waals surface area contributed by atoms with Crippen LogP contribution in [-0.2, 0) is 4.79 Å². The zero-order valence-electron chi connectivity index (χ0n) is 16.2. The first-order chi connectivity index (χ1) is 14.1. The van der Waals surface area contributed by atoms with Crippen LogP contribution in [0.3, 0.4) is 0 Å². The quantitative estimate of drug-likeness (QED) is 0.417. The Bertz CT molecular complexity index is 991. The van der Waals surface area contributed by atoms with Crippen LogP contribution in [0, 0.1) is 0 Å². The molecule has 0 aromatic heterocycles. The molecule has 6 heteroatoms. The summed E-state index contributed by atoms with van der Waals surface area (Å²) >= 11 is 1.51. The lowest BCUT2D eigenvalue weighted by atomic mass is 10.1. The monoisotopic (exact) mass is 407 g/mol. The van der Waals surface area contributed by atoms with E-state index in [2.05, 4.69) is 5.32 Å². The third-order valence-corrected chi connectivity index (χ3v) is 5.18. The summed E-state index contributed by atoms with van der Waals surface area (Å²) in [5.74, 6) is 0.225. The fraction of sp³-hybridized carbons (Fsp3) is 0.130. The summed E-state index contributed by atoms with van der Waals surface area (Å²) in [6.07, 6.45) is -0.292. The van der Waals surface area contributed by atoms with Gasteiger partial charge in [0.15, 0.2) is 5.78 Å². The van der Waals surface area contributed by atoms with E-state index >= 15 is 0 Å². The number of para-hydroxylation sites is 1. The Kier molecular flexibility index (Phi) is 6.92. The van der Waals surface area contributed by atoms with Crippen LogP contribution >= 0.6 is 11.8 Å². The summed E-state index contributed by atoms with van der Waals surface area (Å²) in [5, 5.41) is 2.72. The molecule has 0 heterocycles. The lowest BCUT2D eigenvalue weighted by Crippen LogP contribution is -2.17. The van der Waals surface area contributed by atoms with Crippen molar-refractivity contribution in [3.05, 3.63) is 78.4 Å². The maximum absolute atomic E-state index is 12.8. The first-order valence-electron chi connectivity index (χ1n) is 8.97. The van der Waals surface area contributed by atoms with Gasteiger partial charge in [-0.15, -0.1) is 0 Å². The van der Waals surface area contributed by atoms with Gasteiger partial charge in [-0.1, -0.05) is 48.2 Å². The van der Waals surface area contributed by atoms with Crippen molar-refractivity contribution >= 4 is 29.1 Å². The molecular formula is C23H21NO4S. The zero-order chi connectivity index (χ0) is 20.6. The molecule has 0 unspecified atom stereocenters. The first kappa shape index (κ1) is 20.5. The molecule has 0 fully saturated rings. The van der Waals surface area contributed by atoms with Crippen LogP contribution in [-0.4, -0.2) is 25.9 Å². The Morgan fingerprint density at radius 3 is 2.10 bits per heavy atom. The van der Waals surface area contributed by atoms with Crippen molar-refractivity contribution in [2.45, 2.75) is 16.2 Å². The normalized spacial score (nSPS) is 10.3. The molecule has 3 rings (SSSR count). The SMILES string of the molecule is COc1cc(C(=O)CC(=O)Nc2ccccc2)c(OC)cc1Sc1ccccc1. The van der Waals surface area contributed by atoms with Gasteiger partial charge >= 0.3 is 0 Å². The van der Waals surface area contributed by atoms with Gasteiger partial charge in [0.2, 0.25) is 5.91 Å². The number of carbonyl (C=O) groups is 2. The average Bonchev–Trinajstić information content (AvgIpc) is 2.74. The smallest absolute Gasteiger partial charge is 0.232 e. The molecule has 0 radical (unpaired) electrons. The van der Waals surface area contributed by atoms with E-state index in [9.17, 15) is 9.59 Å². The van der Waals surface area contributed by atoms with Gasteiger partial charge in [0.1, 0.15) is 11.5 Å². The number of ketones is 1. The van der Waals surface area contributed by atoms with Crippen LogP contribution in [0.25, 0.3) is 0 Å². The summed E-state index contributed by atoms with van der Waals surface area (Å²) < 4.78 is 10.9.